The maximum absolute atomic E-state index is 4.55. The Kier molecular flexibility index (Phi) is 10.1. The van der Waals surface area contributed by atoms with E-state index in [0.717, 1.165) is 11.4 Å². The van der Waals surface area contributed by atoms with Gasteiger partial charge in [0.1, 0.15) is 0 Å². The summed E-state index contributed by atoms with van der Waals surface area (Å²) in [5.41, 5.74) is 2.79. The van der Waals surface area contributed by atoms with E-state index >= 15 is 0 Å². The second kappa shape index (κ2) is 10.3. The molecule has 0 radical (unpaired) electrons. The van der Waals surface area contributed by atoms with Crippen LogP contribution in [0.4, 0.5) is 0 Å². The fraction of sp³-hybridized carbons (Fsp3) is 0.647. The molecule has 1 unspecified atom stereocenters. The molecule has 1 atom stereocenters. The first-order valence-electron chi connectivity index (χ1n) is 7.74. The van der Waals surface area contributed by atoms with Gasteiger partial charge in [0.25, 0.3) is 0 Å². The molecule has 1 fully saturated rings. The Bertz CT molecular complexity index is 341. The number of benzene rings is 1. The zero-order valence-corrected chi connectivity index (χ0v) is 14.3. The Morgan fingerprint density at radius 3 is 2.26 bits per heavy atom. The lowest BCUT2D eigenvalue weighted by molar-refractivity contribution is 0.634. The van der Waals surface area contributed by atoms with Gasteiger partial charge in [0.05, 0.1) is 0 Å². The second-order valence-electron chi connectivity index (χ2n) is 4.62. The van der Waals surface area contributed by atoms with Gasteiger partial charge < -0.3 is 5.32 Å². The Morgan fingerprint density at radius 1 is 1.16 bits per heavy atom. The summed E-state index contributed by atoms with van der Waals surface area (Å²) in [6.07, 6.45) is 2.53. The number of thiol groups is 1. The minimum atomic E-state index is 0.524. The number of hydrogen-bond acceptors (Lipinski definition) is 2. The summed E-state index contributed by atoms with van der Waals surface area (Å²) >= 11 is 4.55. The average molecular weight is 282 g/mol. The van der Waals surface area contributed by atoms with Crippen molar-refractivity contribution in [3.63, 3.8) is 0 Å². The van der Waals surface area contributed by atoms with Gasteiger partial charge in [-0.3, -0.25) is 0 Å². The third kappa shape index (κ3) is 5.58. The molecule has 0 aliphatic carbocycles. The summed E-state index contributed by atoms with van der Waals surface area (Å²) in [6, 6.07) is 7.16. The summed E-state index contributed by atoms with van der Waals surface area (Å²) in [7, 11) is 0. The maximum atomic E-state index is 4.55. The van der Waals surface area contributed by atoms with Gasteiger partial charge in [0, 0.05) is 10.9 Å². The van der Waals surface area contributed by atoms with Crippen molar-refractivity contribution in [1.82, 2.24) is 5.32 Å². The molecule has 1 aromatic rings. The number of hydrogen-bond donors (Lipinski definition) is 2. The van der Waals surface area contributed by atoms with Crippen LogP contribution in [0.25, 0.3) is 0 Å². The van der Waals surface area contributed by atoms with E-state index in [9.17, 15) is 0 Å². The van der Waals surface area contributed by atoms with Crippen LogP contribution in [0.3, 0.4) is 0 Å². The van der Waals surface area contributed by atoms with Crippen LogP contribution in [-0.4, -0.2) is 6.54 Å². The molecule has 2 heteroatoms. The van der Waals surface area contributed by atoms with E-state index in [-0.39, 0.29) is 0 Å². The quantitative estimate of drug-likeness (QED) is 0.675. The van der Waals surface area contributed by atoms with Crippen LogP contribution in [0.5, 0.6) is 0 Å². The molecule has 1 nitrogen and oxygen atoms in total. The summed E-state index contributed by atoms with van der Waals surface area (Å²) in [6.45, 7) is 13.6. The molecule has 0 bridgehead atoms. The topological polar surface area (TPSA) is 12.0 Å². The van der Waals surface area contributed by atoms with Gasteiger partial charge in [-0.2, -0.15) is 0 Å². The molecule has 2 rings (SSSR count). The minimum Gasteiger partial charge on any atom is -0.310 e. The molecular formula is C17H31NS. The molecule has 1 aromatic carbocycles. The van der Waals surface area contributed by atoms with E-state index in [1.54, 1.807) is 0 Å². The zero-order chi connectivity index (χ0) is 14.8. The molecule has 1 N–H and O–H groups in total. The monoisotopic (exact) mass is 281 g/mol. The van der Waals surface area contributed by atoms with Crippen molar-refractivity contribution in [1.29, 1.82) is 0 Å². The van der Waals surface area contributed by atoms with E-state index in [1.165, 1.54) is 24.0 Å². The van der Waals surface area contributed by atoms with Crippen LogP contribution in [0.15, 0.2) is 23.1 Å². The molecule has 0 saturated carbocycles. The highest BCUT2D eigenvalue weighted by Gasteiger charge is 2.18. The summed E-state index contributed by atoms with van der Waals surface area (Å²) in [5.74, 6) is 0.596. The molecule has 19 heavy (non-hydrogen) atoms. The largest absolute Gasteiger partial charge is 0.310 e. The van der Waals surface area contributed by atoms with Crippen molar-refractivity contribution >= 4 is 12.6 Å². The highest BCUT2D eigenvalue weighted by molar-refractivity contribution is 7.80. The predicted molar refractivity (Wildman–Crippen MR) is 90.5 cm³/mol. The van der Waals surface area contributed by atoms with Gasteiger partial charge >= 0.3 is 0 Å². The SMILES string of the molecule is CC.CC.CC(C)c1ccc(S)c(C2CCCN2)c1. The fourth-order valence-electron chi connectivity index (χ4n) is 2.16. The molecular weight excluding hydrogens is 250 g/mol. The Morgan fingerprint density at radius 2 is 1.79 bits per heavy atom. The second-order valence-corrected chi connectivity index (χ2v) is 5.10. The van der Waals surface area contributed by atoms with Crippen molar-refractivity contribution in [2.24, 2.45) is 0 Å². The van der Waals surface area contributed by atoms with E-state index in [2.05, 4.69) is 50.0 Å². The van der Waals surface area contributed by atoms with Crippen LogP contribution in [-0.2, 0) is 0 Å². The average Bonchev–Trinajstić information content (AvgIpc) is 2.97. The van der Waals surface area contributed by atoms with Crippen LogP contribution < -0.4 is 5.32 Å². The molecule has 0 aromatic heterocycles. The van der Waals surface area contributed by atoms with Gasteiger partial charge in [-0.15, -0.1) is 12.6 Å². The van der Waals surface area contributed by atoms with Crippen molar-refractivity contribution in [3.8, 4) is 0 Å². The van der Waals surface area contributed by atoms with E-state index in [1.807, 2.05) is 27.7 Å². The van der Waals surface area contributed by atoms with Gasteiger partial charge in [-0.25, -0.2) is 0 Å². The third-order valence-electron chi connectivity index (χ3n) is 3.15. The molecule has 1 saturated heterocycles. The fourth-order valence-corrected chi connectivity index (χ4v) is 2.46. The van der Waals surface area contributed by atoms with Crippen molar-refractivity contribution in [2.45, 2.75) is 71.2 Å². The van der Waals surface area contributed by atoms with E-state index < -0.39 is 0 Å². The summed E-state index contributed by atoms with van der Waals surface area (Å²) < 4.78 is 0. The van der Waals surface area contributed by atoms with Crippen molar-refractivity contribution in [3.05, 3.63) is 29.3 Å². The minimum absolute atomic E-state index is 0.524. The first-order valence-corrected chi connectivity index (χ1v) is 8.19. The lowest BCUT2D eigenvalue weighted by atomic mass is 9.97. The Labute approximate surface area is 125 Å². The molecule has 1 heterocycles. The maximum Gasteiger partial charge on any atom is 0.0331 e. The smallest absolute Gasteiger partial charge is 0.0331 e. The molecule has 1 aliphatic rings. The van der Waals surface area contributed by atoms with Crippen LogP contribution in [0.2, 0.25) is 0 Å². The standard InChI is InChI=1S/C13H19NS.2C2H6/c1-9(2)10-5-6-13(15)11(8-10)12-4-3-7-14-12;2*1-2/h5-6,8-9,12,14-15H,3-4,7H2,1-2H3;2*1-2H3. The summed E-state index contributed by atoms with van der Waals surface area (Å²) in [5, 5.41) is 3.53. The number of rotatable bonds is 2. The van der Waals surface area contributed by atoms with E-state index in [4.69, 9.17) is 0 Å². The van der Waals surface area contributed by atoms with E-state index in [0.29, 0.717) is 12.0 Å². The summed E-state index contributed by atoms with van der Waals surface area (Å²) in [4.78, 5) is 1.12. The first kappa shape index (κ1) is 18.5. The molecule has 1 aliphatic heterocycles. The zero-order valence-electron chi connectivity index (χ0n) is 13.5. The lowest BCUT2D eigenvalue weighted by Crippen LogP contribution is -2.13. The van der Waals surface area contributed by atoms with Crippen molar-refractivity contribution in [2.75, 3.05) is 6.54 Å². The Hall–Kier alpha value is -0.470. The molecule has 110 valence electrons. The van der Waals surface area contributed by atoms with Crippen LogP contribution in [0.1, 0.15) is 77.5 Å². The highest BCUT2D eigenvalue weighted by Crippen LogP contribution is 2.30. The molecule has 0 spiro atoms. The number of nitrogens with one attached hydrogen (secondary N) is 1. The van der Waals surface area contributed by atoms with Gasteiger partial charge in [0.15, 0.2) is 0 Å². The van der Waals surface area contributed by atoms with Gasteiger partial charge in [0.2, 0.25) is 0 Å². The van der Waals surface area contributed by atoms with Crippen LogP contribution in [0, 0.1) is 0 Å². The van der Waals surface area contributed by atoms with Crippen LogP contribution >= 0.6 is 12.6 Å². The normalized spacial score (nSPS) is 17.4. The highest BCUT2D eigenvalue weighted by atomic mass is 32.1. The first-order chi connectivity index (χ1) is 9.18. The predicted octanol–water partition coefficient (Wildman–Crippen LogP) is 5.58. The van der Waals surface area contributed by atoms with Gasteiger partial charge in [-0.1, -0.05) is 53.7 Å². The molecule has 0 amide bonds. The lowest BCUT2D eigenvalue weighted by Gasteiger charge is -2.16. The third-order valence-corrected chi connectivity index (χ3v) is 3.56. The Balaban J connectivity index is 0.000000741. The van der Waals surface area contributed by atoms with Gasteiger partial charge in [-0.05, 0) is 42.5 Å². The van der Waals surface area contributed by atoms with Crippen molar-refractivity contribution < 1.29 is 0 Å².